The van der Waals surface area contributed by atoms with Crippen LogP contribution in [0.25, 0.3) is 0 Å². The molecule has 2 amide bonds. The van der Waals surface area contributed by atoms with Crippen molar-refractivity contribution in [3.63, 3.8) is 0 Å². The van der Waals surface area contributed by atoms with Crippen molar-refractivity contribution in [2.24, 2.45) is 0 Å². The highest BCUT2D eigenvalue weighted by molar-refractivity contribution is 7.09. The van der Waals surface area contributed by atoms with Gasteiger partial charge in [0.25, 0.3) is 0 Å². The van der Waals surface area contributed by atoms with Gasteiger partial charge in [-0.05, 0) is 33.1 Å². The highest BCUT2D eigenvalue weighted by Gasteiger charge is 2.32. The lowest BCUT2D eigenvalue weighted by atomic mass is 9.89. The molecule has 1 N–H and O–H groups in total. The van der Waals surface area contributed by atoms with E-state index in [1.54, 1.807) is 0 Å². The fourth-order valence-electron chi connectivity index (χ4n) is 3.05. The first kappa shape index (κ1) is 16.4. The van der Waals surface area contributed by atoms with Crippen LogP contribution in [0.1, 0.15) is 32.0 Å². The van der Waals surface area contributed by atoms with Gasteiger partial charge >= 0.3 is 6.03 Å². The lowest BCUT2D eigenvalue weighted by molar-refractivity contribution is -0.00801. The number of hydrogen-bond acceptors (Lipinski definition) is 6. The summed E-state index contributed by atoms with van der Waals surface area (Å²) in [5.74, 6) is 0.817. The Bertz CT molecular complexity index is 532. The number of amides is 2. The van der Waals surface area contributed by atoms with Crippen molar-refractivity contribution in [1.29, 1.82) is 0 Å². The van der Waals surface area contributed by atoms with Gasteiger partial charge in [-0.3, -0.25) is 0 Å². The molecule has 0 bridgehead atoms. The summed E-state index contributed by atoms with van der Waals surface area (Å²) in [5.41, 5.74) is 0. The molecule has 128 valence electrons. The summed E-state index contributed by atoms with van der Waals surface area (Å²) in [6.45, 7) is 7.93. The van der Waals surface area contributed by atoms with Crippen molar-refractivity contribution in [2.45, 2.75) is 45.3 Å². The molecule has 3 rings (SSSR count). The maximum Gasteiger partial charge on any atom is 0.317 e. The number of nitrogens with zero attached hydrogens (tertiary/aromatic N) is 4. The largest absolute Gasteiger partial charge is 0.378 e. The number of rotatable bonds is 4. The molecule has 0 spiro atoms. The molecule has 2 fully saturated rings. The van der Waals surface area contributed by atoms with E-state index in [0.29, 0.717) is 6.10 Å². The van der Waals surface area contributed by atoms with Gasteiger partial charge in [-0.1, -0.05) is 0 Å². The molecule has 1 saturated carbocycles. The fourth-order valence-corrected chi connectivity index (χ4v) is 3.77. The van der Waals surface area contributed by atoms with Crippen molar-refractivity contribution in [3.8, 4) is 0 Å². The van der Waals surface area contributed by atoms with E-state index in [-0.39, 0.29) is 12.1 Å². The topological polar surface area (TPSA) is 70.6 Å². The normalized spacial score (nSPS) is 25.0. The fraction of sp³-hybridized carbons (Fsp3) is 0.800. The van der Waals surface area contributed by atoms with Crippen LogP contribution < -0.4 is 10.2 Å². The van der Waals surface area contributed by atoms with Gasteiger partial charge in [0.15, 0.2) is 0 Å². The van der Waals surface area contributed by atoms with Gasteiger partial charge in [-0.15, -0.1) is 0 Å². The van der Waals surface area contributed by atoms with Crippen LogP contribution in [-0.2, 0) is 4.74 Å². The number of ether oxygens (including phenoxy) is 1. The van der Waals surface area contributed by atoms with Gasteiger partial charge in [0.1, 0.15) is 5.82 Å². The Kier molecular flexibility index (Phi) is 5.32. The number of hydrogen-bond donors (Lipinski definition) is 1. The third-order valence-electron chi connectivity index (χ3n) is 4.40. The molecule has 0 atom stereocenters. The SMILES string of the molecule is CCOC1CC(NC(=O)N2CCCN(c3nc(C)ns3)CC2)C1. The standard InChI is InChI=1S/C15H25N5O2S/c1-3-22-13-9-12(10-13)17-14(21)19-5-4-6-20(8-7-19)15-16-11(2)18-23-15/h12-13H,3-10H2,1-2H3,(H,17,21). The highest BCUT2D eigenvalue weighted by Crippen LogP contribution is 2.24. The van der Waals surface area contributed by atoms with E-state index in [1.165, 1.54) is 11.5 Å². The zero-order valence-corrected chi connectivity index (χ0v) is 14.6. The number of anilines is 1. The zero-order chi connectivity index (χ0) is 16.2. The summed E-state index contributed by atoms with van der Waals surface area (Å²) in [4.78, 5) is 21.0. The Morgan fingerprint density at radius 2 is 2.17 bits per heavy atom. The maximum absolute atomic E-state index is 12.4. The second-order valence-electron chi connectivity index (χ2n) is 6.15. The van der Waals surface area contributed by atoms with E-state index >= 15 is 0 Å². The Balaban J connectivity index is 1.45. The molecule has 1 aromatic rings. The predicted octanol–water partition coefficient (Wildman–Crippen LogP) is 1.64. The molecule has 1 aliphatic carbocycles. The first-order chi connectivity index (χ1) is 11.2. The Morgan fingerprint density at radius 3 is 2.87 bits per heavy atom. The molecule has 1 aliphatic heterocycles. The minimum Gasteiger partial charge on any atom is -0.378 e. The van der Waals surface area contributed by atoms with Crippen molar-refractivity contribution in [3.05, 3.63) is 5.82 Å². The van der Waals surface area contributed by atoms with Crippen LogP contribution in [0, 0.1) is 6.92 Å². The molecule has 2 aliphatic rings. The van der Waals surface area contributed by atoms with Gasteiger partial charge < -0.3 is 19.9 Å². The average molecular weight is 339 g/mol. The zero-order valence-electron chi connectivity index (χ0n) is 13.8. The number of nitrogens with one attached hydrogen (secondary N) is 1. The van der Waals surface area contributed by atoms with Crippen LogP contribution >= 0.6 is 11.5 Å². The van der Waals surface area contributed by atoms with Gasteiger partial charge in [0.05, 0.1) is 6.10 Å². The summed E-state index contributed by atoms with van der Waals surface area (Å²) in [5, 5.41) is 4.09. The number of aromatic nitrogens is 2. The van der Waals surface area contributed by atoms with Gasteiger partial charge in [0.2, 0.25) is 5.13 Å². The molecule has 23 heavy (non-hydrogen) atoms. The molecule has 7 nitrogen and oxygen atoms in total. The van der Waals surface area contributed by atoms with Crippen molar-refractivity contribution in [2.75, 3.05) is 37.7 Å². The van der Waals surface area contributed by atoms with Crippen LogP contribution in [-0.4, -0.2) is 65.2 Å². The lowest BCUT2D eigenvalue weighted by Gasteiger charge is -2.36. The van der Waals surface area contributed by atoms with E-state index in [2.05, 4.69) is 19.6 Å². The van der Waals surface area contributed by atoms with Crippen LogP contribution in [0.2, 0.25) is 0 Å². The third-order valence-corrected chi connectivity index (χ3v) is 5.26. The monoisotopic (exact) mass is 339 g/mol. The summed E-state index contributed by atoms with van der Waals surface area (Å²) >= 11 is 1.44. The second-order valence-corrected chi connectivity index (χ2v) is 6.88. The Hall–Kier alpha value is -1.41. The lowest BCUT2D eigenvalue weighted by Crippen LogP contribution is -2.52. The van der Waals surface area contributed by atoms with E-state index in [4.69, 9.17) is 4.74 Å². The molecule has 0 radical (unpaired) electrons. The average Bonchev–Trinajstić information content (AvgIpc) is 2.78. The minimum absolute atomic E-state index is 0.0558. The summed E-state index contributed by atoms with van der Waals surface area (Å²) in [6, 6.07) is 0.324. The summed E-state index contributed by atoms with van der Waals surface area (Å²) < 4.78 is 9.78. The predicted molar refractivity (Wildman–Crippen MR) is 90.0 cm³/mol. The number of carbonyl (C=O) groups is 1. The van der Waals surface area contributed by atoms with E-state index in [1.807, 2.05) is 18.7 Å². The molecule has 1 aromatic heterocycles. The van der Waals surface area contributed by atoms with Crippen LogP contribution in [0.5, 0.6) is 0 Å². The Morgan fingerprint density at radius 1 is 1.35 bits per heavy atom. The Labute approximate surface area is 141 Å². The molecular formula is C15H25N5O2S. The first-order valence-electron chi connectivity index (χ1n) is 8.38. The number of urea groups is 1. The van der Waals surface area contributed by atoms with E-state index in [9.17, 15) is 4.79 Å². The van der Waals surface area contributed by atoms with Crippen LogP contribution in [0.3, 0.4) is 0 Å². The van der Waals surface area contributed by atoms with Gasteiger partial charge in [0, 0.05) is 50.4 Å². The summed E-state index contributed by atoms with van der Waals surface area (Å²) in [6.07, 6.45) is 3.15. The smallest absolute Gasteiger partial charge is 0.317 e. The van der Waals surface area contributed by atoms with Gasteiger partial charge in [-0.2, -0.15) is 4.37 Å². The number of aryl methyl sites for hydroxylation is 1. The number of carbonyl (C=O) groups excluding carboxylic acids is 1. The van der Waals surface area contributed by atoms with Crippen molar-refractivity contribution >= 4 is 22.7 Å². The van der Waals surface area contributed by atoms with Crippen molar-refractivity contribution < 1.29 is 9.53 Å². The highest BCUT2D eigenvalue weighted by atomic mass is 32.1. The molecule has 0 unspecified atom stereocenters. The molecular weight excluding hydrogens is 314 g/mol. The molecule has 0 aromatic carbocycles. The molecule has 8 heteroatoms. The maximum atomic E-state index is 12.4. The van der Waals surface area contributed by atoms with Crippen LogP contribution in [0.4, 0.5) is 9.93 Å². The molecule has 2 heterocycles. The summed E-state index contributed by atoms with van der Waals surface area (Å²) in [7, 11) is 0. The second kappa shape index (κ2) is 7.44. The molecule has 1 saturated heterocycles. The van der Waals surface area contributed by atoms with Crippen LogP contribution in [0.15, 0.2) is 0 Å². The minimum atomic E-state index is 0.0558. The van der Waals surface area contributed by atoms with Gasteiger partial charge in [-0.25, -0.2) is 9.78 Å². The van der Waals surface area contributed by atoms with Crippen molar-refractivity contribution in [1.82, 2.24) is 19.6 Å². The van der Waals surface area contributed by atoms with E-state index in [0.717, 1.165) is 63.0 Å². The quantitative estimate of drug-likeness (QED) is 0.903. The first-order valence-corrected chi connectivity index (χ1v) is 9.15. The van der Waals surface area contributed by atoms with E-state index < -0.39 is 0 Å². The third kappa shape index (κ3) is 4.11.